The summed E-state index contributed by atoms with van der Waals surface area (Å²) >= 11 is 0. The lowest BCUT2D eigenvalue weighted by molar-refractivity contribution is 0.289. The molecule has 0 radical (unpaired) electrons. The van der Waals surface area contributed by atoms with E-state index in [0.717, 1.165) is 22.5 Å². The van der Waals surface area contributed by atoms with Gasteiger partial charge in [0.2, 0.25) is 5.65 Å². The number of pyridine rings is 1. The van der Waals surface area contributed by atoms with E-state index in [9.17, 15) is 0 Å². The molecular formula is C19H17N9. The number of fused-ring (bicyclic) bond motifs is 2. The Hall–Kier alpha value is -3.62. The van der Waals surface area contributed by atoms with E-state index in [1.807, 2.05) is 39.8 Å². The third-order valence-electron chi connectivity index (χ3n) is 5.36. The molecule has 0 spiro atoms. The minimum atomic E-state index is 0.524. The lowest BCUT2D eigenvalue weighted by Gasteiger charge is -2.25. The molecule has 9 nitrogen and oxygen atoms in total. The summed E-state index contributed by atoms with van der Waals surface area (Å²) in [4.78, 5) is 13.5. The highest BCUT2D eigenvalue weighted by atomic mass is 15.5. The van der Waals surface area contributed by atoms with Gasteiger partial charge >= 0.3 is 0 Å². The predicted molar refractivity (Wildman–Crippen MR) is 102 cm³/mol. The third kappa shape index (κ3) is 2.47. The maximum atomic E-state index is 4.77. The molecule has 5 aromatic rings. The summed E-state index contributed by atoms with van der Waals surface area (Å²) in [6.07, 6.45) is 15.1. The first-order valence-corrected chi connectivity index (χ1v) is 9.36. The summed E-state index contributed by atoms with van der Waals surface area (Å²) in [5.41, 5.74) is 4.96. The Bertz CT molecular complexity index is 1290. The molecule has 0 amide bonds. The van der Waals surface area contributed by atoms with E-state index in [4.69, 9.17) is 4.98 Å². The van der Waals surface area contributed by atoms with Crippen molar-refractivity contribution in [3.05, 3.63) is 54.9 Å². The highest BCUT2D eigenvalue weighted by molar-refractivity contribution is 5.69. The predicted octanol–water partition coefficient (Wildman–Crippen LogP) is 2.51. The van der Waals surface area contributed by atoms with Crippen molar-refractivity contribution in [2.45, 2.75) is 31.8 Å². The van der Waals surface area contributed by atoms with Crippen molar-refractivity contribution in [1.82, 2.24) is 44.1 Å². The molecule has 0 saturated heterocycles. The van der Waals surface area contributed by atoms with Gasteiger partial charge in [-0.2, -0.15) is 5.10 Å². The van der Waals surface area contributed by atoms with Crippen molar-refractivity contribution >= 4 is 16.9 Å². The van der Waals surface area contributed by atoms with Crippen molar-refractivity contribution in [1.29, 1.82) is 0 Å². The molecule has 28 heavy (non-hydrogen) atoms. The first-order chi connectivity index (χ1) is 13.8. The highest BCUT2D eigenvalue weighted by Gasteiger charge is 2.20. The second-order valence-electron chi connectivity index (χ2n) is 7.17. The average Bonchev–Trinajstić information content (AvgIpc) is 3.40. The van der Waals surface area contributed by atoms with E-state index in [1.165, 1.54) is 19.3 Å². The van der Waals surface area contributed by atoms with E-state index < -0.39 is 0 Å². The number of rotatable bonds is 4. The van der Waals surface area contributed by atoms with Crippen LogP contribution in [0.1, 0.15) is 30.9 Å². The Morgan fingerprint density at radius 1 is 1.07 bits per heavy atom. The first-order valence-electron chi connectivity index (χ1n) is 9.36. The van der Waals surface area contributed by atoms with Gasteiger partial charge in [0.1, 0.15) is 5.65 Å². The Kier molecular flexibility index (Phi) is 3.28. The fourth-order valence-electron chi connectivity index (χ4n) is 3.55. The minimum Gasteiger partial charge on any atom is -0.307 e. The van der Waals surface area contributed by atoms with Gasteiger partial charge in [0.15, 0.2) is 5.65 Å². The molecule has 0 atom stereocenters. The highest BCUT2D eigenvalue weighted by Crippen LogP contribution is 2.32. The van der Waals surface area contributed by atoms with E-state index in [0.29, 0.717) is 23.9 Å². The lowest BCUT2D eigenvalue weighted by atomic mass is 9.93. The molecule has 1 fully saturated rings. The molecule has 0 aromatic carbocycles. The smallest absolute Gasteiger partial charge is 0.221 e. The van der Waals surface area contributed by atoms with Gasteiger partial charge in [0, 0.05) is 30.4 Å². The molecule has 0 aliphatic heterocycles. The van der Waals surface area contributed by atoms with E-state index >= 15 is 0 Å². The normalized spacial score (nSPS) is 14.7. The van der Waals surface area contributed by atoms with Crippen LogP contribution in [-0.2, 0) is 6.54 Å². The van der Waals surface area contributed by atoms with Crippen LogP contribution >= 0.6 is 0 Å². The zero-order valence-electron chi connectivity index (χ0n) is 15.0. The molecular weight excluding hydrogens is 354 g/mol. The number of aromatic nitrogens is 9. The maximum absolute atomic E-state index is 4.77. The lowest BCUT2D eigenvalue weighted by Crippen LogP contribution is -2.16. The molecule has 0 bridgehead atoms. The Morgan fingerprint density at radius 2 is 2.04 bits per heavy atom. The summed E-state index contributed by atoms with van der Waals surface area (Å²) in [6.45, 7) is 0.560. The van der Waals surface area contributed by atoms with Gasteiger partial charge in [-0.1, -0.05) is 11.3 Å². The zero-order valence-corrected chi connectivity index (χ0v) is 15.0. The van der Waals surface area contributed by atoms with Crippen molar-refractivity contribution < 1.29 is 0 Å². The van der Waals surface area contributed by atoms with Crippen LogP contribution < -0.4 is 0 Å². The monoisotopic (exact) mass is 371 g/mol. The molecule has 5 heterocycles. The average molecular weight is 371 g/mol. The van der Waals surface area contributed by atoms with Crippen molar-refractivity contribution in [3.63, 3.8) is 0 Å². The van der Waals surface area contributed by atoms with Crippen LogP contribution in [0.3, 0.4) is 0 Å². The van der Waals surface area contributed by atoms with Crippen LogP contribution in [-0.4, -0.2) is 44.1 Å². The second kappa shape index (κ2) is 5.95. The van der Waals surface area contributed by atoms with Gasteiger partial charge in [0.05, 0.1) is 30.7 Å². The number of imidazole rings is 1. The SMILES string of the molecule is c1cn2cc(Cn3nnc4ncc(-c5cnn(C6CCC6)c5)nc43)ccc2n1. The molecule has 0 N–H and O–H groups in total. The second-order valence-corrected chi connectivity index (χ2v) is 7.17. The van der Waals surface area contributed by atoms with Gasteiger partial charge in [0.25, 0.3) is 0 Å². The van der Waals surface area contributed by atoms with Gasteiger partial charge in [-0.3, -0.25) is 4.68 Å². The summed E-state index contributed by atoms with van der Waals surface area (Å²) in [5, 5.41) is 12.9. The first kappa shape index (κ1) is 15.4. The van der Waals surface area contributed by atoms with Gasteiger partial charge < -0.3 is 4.40 Å². The minimum absolute atomic E-state index is 0.524. The van der Waals surface area contributed by atoms with Crippen LogP contribution in [0.25, 0.3) is 28.2 Å². The quantitative estimate of drug-likeness (QED) is 0.482. The Morgan fingerprint density at radius 3 is 2.93 bits per heavy atom. The molecule has 1 aliphatic carbocycles. The fourth-order valence-corrected chi connectivity index (χ4v) is 3.55. The van der Waals surface area contributed by atoms with E-state index in [1.54, 1.807) is 17.1 Å². The van der Waals surface area contributed by atoms with Crippen LogP contribution in [0.4, 0.5) is 0 Å². The standard InChI is InChI=1S/C19H17N9/c1-2-15(3-1)27-12-14(8-22-27)16-9-21-18-19(23-16)28(25-24-18)11-13-4-5-17-20-6-7-26(17)10-13/h4-10,12,15H,1-3,11H2. The molecule has 0 unspecified atom stereocenters. The molecule has 1 aliphatic rings. The zero-order chi connectivity index (χ0) is 18.5. The summed E-state index contributed by atoms with van der Waals surface area (Å²) in [6, 6.07) is 4.55. The Balaban J connectivity index is 1.35. The van der Waals surface area contributed by atoms with Crippen LogP contribution in [0.15, 0.2) is 49.3 Å². The van der Waals surface area contributed by atoms with Crippen molar-refractivity contribution in [2.24, 2.45) is 0 Å². The van der Waals surface area contributed by atoms with Crippen molar-refractivity contribution in [3.8, 4) is 11.3 Å². The summed E-state index contributed by atoms with van der Waals surface area (Å²) < 4.78 is 5.81. The number of hydrogen-bond acceptors (Lipinski definition) is 6. The topological polar surface area (TPSA) is 91.6 Å². The number of nitrogens with zero attached hydrogens (tertiary/aromatic N) is 9. The Labute approximate surface area is 159 Å². The maximum Gasteiger partial charge on any atom is 0.221 e. The van der Waals surface area contributed by atoms with Gasteiger partial charge in [-0.25, -0.2) is 19.6 Å². The van der Waals surface area contributed by atoms with Crippen LogP contribution in [0.5, 0.6) is 0 Å². The molecule has 6 rings (SSSR count). The summed E-state index contributed by atoms with van der Waals surface area (Å²) in [7, 11) is 0. The third-order valence-corrected chi connectivity index (χ3v) is 5.36. The van der Waals surface area contributed by atoms with E-state index in [-0.39, 0.29) is 0 Å². The van der Waals surface area contributed by atoms with Gasteiger partial charge in [-0.15, -0.1) is 5.10 Å². The van der Waals surface area contributed by atoms with Crippen LogP contribution in [0, 0.1) is 0 Å². The molecule has 1 saturated carbocycles. The largest absolute Gasteiger partial charge is 0.307 e. The molecule has 138 valence electrons. The van der Waals surface area contributed by atoms with E-state index in [2.05, 4.69) is 31.6 Å². The fraction of sp³-hybridized carbons (Fsp3) is 0.263. The van der Waals surface area contributed by atoms with Crippen LogP contribution in [0.2, 0.25) is 0 Å². The molecule has 5 aromatic heterocycles. The van der Waals surface area contributed by atoms with Gasteiger partial charge in [-0.05, 0) is 30.9 Å². The van der Waals surface area contributed by atoms with Crippen molar-refractivity contribution in [2.75, 3.05) is 0 Å². The number of hydrogen-bond donors (Lipinski definition) is 0. The molecule has 9 heteroatoms. The summed E-state index contributed by atoms with van der Waals surface area (Å²) in [5.74, 6) is 0.